The molecule has 39 heavy (non-hydrogen) atoms. The van der Waals surface area contributed by atoms with E-state index >= 15 is 0 Å². The first kappa shape index (κ1) is 25.2. The van der Waals surface area contributed by atoms with Crippen LogP contribution in [0.1, 0.15) is 45.6 Å². The number of piperidine rings is 1. The normalized spacial score (nSPS) is 20.7. The molecular formula is C28H31N9OS. The first-order chi connectivity index (χ1) is 18.9. The Balaban J connectivity index is 1.29. The average Bonchev–Trinajstić information content (AvgIpc) is 3.55. The summed E-state index contributed by atoms with van der Waals surface area (Å²) in [6.45, 7) is 7.58. The number of nitriles is 1. The number of pyridine rings is 1. The monoisotopic (exact) mass is 541 g/mol. The van der Waals surface area contributed by atoms with E-state index in [2.05, 4.69) is 50.7 Å². The maximum atomic E-state index is 11.8. The third-order valence-electron chi connectivity index (χ3n) is 7.60. The van der Waals surface area contributed by atoms with Crippen LogP contribution in [0, 0.1) is 23.2 Å². The van der Waals surface area contributed by atoms with Gasteiger partial charge in [0, 0.05) is 44.0 Å². The fraction of sp³-hybridized carbons (Fsp3) is 0.429. The van der Waals surface area contributed by atoms with Gasteiger partial charge in [-0.25, -0.2) is 4.52 Å². The van der Waals surface area contributed by atoms with Gasteiger partial charge in [0.05, 0.1) is 34.2 Å². The molecule has 10 nitrogen and oxygen atoms in total. The molecule has 0 aromatic carbocycles. The summed E-state index contributed by atoms with van der Waals surface area (Å²) >= 11 is 1.59. The van der Waals surface area contributed by atoms with Crippen molar-refractivity contribution in [3.63, 3.8) is 0 Å². The Kier molecular flexibility index (Phi) is 6.64. The predicted octanol–water partition coefficient (Wildman–Crippen LogP) is 4.35. The zero-order chi connectivity index (χ0) is 27.1. The number of carbonyl (C=O) groups excluding carboxylic acids is 1. The number of hydrogen-bond acceptors (Lipinski definition) is 9. The number of nitrogens with one attached hydrogen (secondary N) is 2. The van der Waals surface area contributed by atoms with E-state index in [4.69, 9.17) is 4.98 Å². The summed E-state index contributed by atoms with van der Waals surface area (Å²) in [5, 5.41) is 31.3. The van der Waals surface area contributed by atoms with Crippen LogP contribution >= 0.6 is 11.3 Å². The van der Waals surface area contributed by atoms with Crippen molar-refractivity contribution in [1.29, 1.82) is 5.26 Å². The highest BCUT2D eigenvalue weighted by Crippen LogP contribution is 2.40. The van der Waals surface area contributed by atoms with E-state index in [0.717, 1.165) is 64.2 Å². The molecule has 1 saturated carbocycles. The summed E-state index contributed by atoms with van der Waals surface area (Å²) in [5.74, 6) is 0.922. The molecule has 1 saturated heterocycles. The summed E-state index contributed by atoms with van der Waals surface area (Å²) in [6.07, 6.45) is 6.88. The molecule has 200 valence electrons. The third kappa shape index (κ3) is 4.92. The molecule has 0 spiro atoms. The molecule has 1 aliphatic heterocycles. The molecule has 0 unspecified atom stereocenters. The van der Waals surface area contributed by atoms with Gasteiger partial charge < -0.3 is 15.5 Å². The third-order valence-corrected chi connectivity index (χ3v) is 8.62. The standard InChI is InChI=1S/C28H31N9OS/c1-16(2)32-23-10-24(25-8-7-21-9-18(11-29)12-31-37(21)25)30-13-22(23)27-34-35-28(39-27)36-14-19-5-4-6-20(15-36)26(19)33-17(3)38/h7-10,12-13,16,19-20,26H,4-6,14-15H2,1-3H3,(H,30,32)(H,33,38)/t19-,20+,26+. The van der Waals surface area contributed by atoms with E-state index in [9.17, 15) is 10.1 Å². The Labute approximate surface area is 231 Å². The summed E-state index contributed by atoms with van der Waals surface area (Å²) in [6, 6.07) is 10.3. The number of amides is 1. The van der Waals surface area contributed by atoms with Gasteiger partial charge in [-0.3, -0.25) is 9.78 Å². The fourth-order valence-electron chi connectivity index (χ4n) is 5.97. The van der Waals surface area contributed by atoms with Crippen molar-refractivity contribution in [3.05, 3.63) is 42.2 Å². The van der Waals surface area contributed by atoms with Crippen molar-refractivity contribution in [2.75, 3.05) is 23.3 Å². The van der Waals surface area contributed by atoms with Crippen LogP contribution in [-0.2, 0) is 4.79 Å². The summed E-state index contributed by atoms with van der Waals surface area (Å²) in [4.78, 5) is 18.9. The molecule has 2 N–H and O–H groups in total. The fourth-order valence-corrected chi connectivity index (χ4v) is 6.85. The number of carbonyl (C=O) groups is 1. The number of aromatic nitrogens is 5. The molecular weight excluding hydrogens is 510 g/mol. The Bertz CT molecular complexity index is 1550. The van der Waals surface area contributed by atoms with Crippen LogP contribution in [0.4, 0.5) is 10.8 Å². The molecule has 4 aromatic heterocycles. The summed E-state index contributed by atoms with van der Waals surface area (Å²) in [7, 11) is 0. The van der Waals surface area contributed by atoms with Crippen LogP contribution in [0.25, 0.3) is 27.5 Å². The van der Waals surface area contributed by atoms with Gasteiger partial charge in [-0.05, 0) is 62.8 Å². The van der Waals surface area contributed by atoms with E-state index in [0.29, 0.717) is 17.4 Å². The first-order valence-corrected chi connectivity index (χ1v) is 14.2. The van der Waals surface area contributed by atoms with Crippen molar-refractivity contribution in [2.45, 2.75) is 52.1 Å². The number of hydrogen-bond donors (Lipinski definition) is 2. The van der Waals surface area contributed by atoms with Gasteiger partial charge in [-0.15, -0.1) is 10.2 Å². The van der Waals surface area contributed by atoms with Crippen molar-refractivity contribution >= 4 is 33.6 Å². The Morgan fingerprint density at radius 3 is 2.67 bits per heavy atom. The molecule has 1 amide bonds. The van der Waals surface area contributed by atoms with Gasteiger partial charge in [-0.2, -0.15) is 10.4 Å². The quantitative estimate of drug-likeness (QED) is 0.369. The van der Waals surface area contributed by atoms with Gasteiger partial charge in [0.15, 0.2) is 5.01 Å². The maximum Gasteiger partial charge on any atom is 0.217 e. The minimum atomic E-state index is 0.0560. The first-order valence-electron chi connectivity index (χ1n) is 13.4. The molecule has 11 heteroatoms. The van der Waals surface area contributed by atoms with Crippen molar-refractivity contribution < 1.29 is 4.79 Å². The minimum absolute atomic E-state index is 0.0560. The topological polar surface area (TPSA) is 124 Å². The van der Waals surface area contributed by atoms with Crippen LogP contribution in [0.5, 0.6) is 0 Å². The molecule has 2 fully saturated rings. The molecule has 2 bridgehead atoms. The van der Waals surface area contributed by atoms with Crippen molar-refractivity contribution in [2.24, 2.45) is 11.8 Å². The molecule has 3 atom stereocenters. The lowest BCUT2D eigenvalue weighted by atomic mass is 9.73. The molecule has 0 radical (unpaired) electrons. The Hall–Kier alpha value is -4.04. The summed E-state index contributed by atoms with van der Waals surface area (Å²) in [5.41, 5.74) is 4.82. The highest BCUT2D eigenvalue weighted by molar-refractivity contribution is 7.18. The van der Waals surface area contributed by atoms with Crippen molar-refractivity contribution in [3.8, 4) is 28.0 Å². The highest BCUT2D eigenvalue weighted by atomic mass is 32.1. The molecule has 4 aromatic rings. The second-order valence-electron chi connectivity index (χ2n) is 10.8. The van der Waals surface area contributed by atoms with E-state index in [-0.39, 0.29) is 18.0 Å². The van der Waals surface area contributed by atoms with Gasteiger partial charge in [-0.1, -0.05) is 17.8 Å². The molecule has 2 aliphatic rings. The van der Waals surface area contributed by atoms with E-state index in [1.165, 1.54) is 6.42 Å². The Morgan fingerprint density at radius 1 is 1.15 bits per heavy atom. The lowest BCUT2D eigenvalue weighted by Crippen LogP contribution is -2.58. The van der Waals surface area contributed by atoms with Gasteiger partial charge in [0.2, 0.25) is 11.0 Å². The van der Waals surface area contributed by atoms with Gasteiger partial charge >= 0.3 is 0 Å². The van der Waals surface area contributed by atoms with Crippen molar-refractivity contribution in [1.82, 2.24) is 30.1 Å². The number of anilines is 2. The van der Waals surface area contributed by atoms with E-state index in [1.807, 2.05) is 30.5 Å². The molecule has 6 rings (SSSR count). The SMILES string of the molecule is CC(=O)N[C@H]1[C@@H]2CCC[C@H]1CN(c1nnc(-c3cnc(-c4ccc5cc(C#N)cnn45)cc3NC(C)C)s1)C2. The molecule has 5 heterocycles. The number of nitrogens with zero attached hydrogens (tertiary/aromatic N) is 7. The number of rotatable bonds is 6. The van der Waals surface area contributed by atoms with Gasteiger partial charge in [0.1, 0.15) is 6.07 Å². The Morgan fingerprint density at radius 2 is 1.95 bits per heavy atom. The highest BCUT2D eigenvalue weighted by Gasteiger charge is 2.40. The second-order valence-corrected chi connectivity index (χ2v) is 11.8. The smallest absolute Gasteiger partial charge is 0.217 e. The van der Waals surface area contributed by atoms with Crippen LogP contribution < -0.4 is 15.5 Å². The zero-order valence-corrected chi connectivity index (χ0v) is 23.1. The summed E-state index contributed by atoms with van der Waals surface area (Å²) < 4.78 is 1.80. The lowest BCUT2D eigenvalue weighted by molar-refractivity contribution is -0.120. The lowest BCUT2D eigenvalue weighted by Gasteiger charge is -2.47. The van der Waals surface area contributed by atoms with E-state index < -0.39 is 0 Å². The second kappa shape index (κ2) is 10.3. The van der Waals surface area contributed by atoms with Crippen LogP contribution in [-0.4, -0.2) is 55.9 Å². The molecule has 1 aliphatic carbocycles. The minimum Gasteiger partial charge on any atom is -0.382 e. The van der Waals surface area contributed by atoms with Crippen LogP contribution in [0.3, 0.4) is 0 Å². The van der Waals surface area contributed by atoms with Crippen LogP contribution in [0.2, 0.25) is 0 Å². The zero-order valence-electron chi connectivity index (χ0n) is 22.3. The maximum absolute atomic E-state index is 11.8. The predicted molar refractivity (Wildman–Crippen MR) is 151 cm³/mol. The number of fused-ring (bicyclic) bond motifs is 3. The van der Waals surface area contributed by atoms with Crippen LogP contribution in [0.15, 0.2) is 36.7 Å². The average molecular weight is 542 g/mol. The van der Waals surface area contributed by atoms with Gasteiger partial charge in [0.25, 0.3) is 0 Å². The van der Waals surface area contributed by atoms with E-state index in [1.54, 1.807) is 29.0 Å². The largest absolute Gasteiger partial charge is 0.382 e.